The van der Waals surface area contributed by atoms with E-state index in [9.17, 15) is 4.79 Å². The molecule has 158 valence electrons. The van der Waals surface area contributed by atoms with Gasteiger partial charge in [0.25, 0.3) is 5.91 Å². The highest BCUT2D eigenvalue weighted by molar-refractivity contribution is 6.07. The van der Waals surface area contributed by atoms with Crippen molar-refractivity contribution in [3.8, 4) is 0 Å². The summed E-state index contributed by atoms with van der Waals surface area (Å²) in [4.78, 5) is 24.7. The van der Waals surface area contributed by atoms with Crippen molar-refractivity contribution < 1.29 is 4.79 Å². The molecule has 1 N–H and O–H groups in total. The lowest BCUT2D eigenvalue weighted by atomic mass is 9.72. The number of pyridine rings is 1. The number of amides is 1. The van der Waals surface area contributed by atoms with Crippen molar-refractivity contribution in [2.75, 3.05) is 0 Å². The van der Waals surface area contributed by atoms with Crippen LogP contribution in [0.2, 0.25) is 0 Å². The normalized spacial score (nSPS) is 15.2. The summed E-state index contributed by atoms with van der Waals surface area (Å²) < 4.78 is 0. The Morgan fingerprint density at radius 2 is 1.69 bits per heavy atom. The lowest BCUT2D eigenvalue weighted by Crippen LogP contribution is -2.50. The highest BCUT2D eigenvalue weighted by atomic mass is 16.1. The van der Waals surface area contributed by atoms with E-state index in [4.69, 9.17) is 0 Å². The maximum absolute atomic E-state index is 13.2. The van der Waals surface area contributed by atoms with Crippen molar-refractivity contribution in [3.05, 3.63) is 108 Å². The van der Waals surface area contributed by atoms with Gasteiger partial charge in [0.1, 0.15) is 6.33 Å². The Labute approximate surface area is 187 Å². The van der Waals surface area contributed by atoms with Gasteiger partial charge in [0.2, 0.25) is 0 Å². The van der Waals surface area contributed by atoms with Crippen LogP contribution in [0.5, 0.6) is 0 Å². The van der Waals surface area contributed by atoms with Gasteiger partial charge in [-0.1, -0.05) is 36.4 Å². The molecule has 1 saturated carbocycles. The van der Waals surface area contributed by atoms with Gasteiger partial charge < -0.3 is 5.32 Å². The second-order valence-corrected chi connectivity index (χ2v) is 8.18. The minimum absolute atomic E-state index is 0.0137. The van der Waals surface area contributed by atoms with Gasteiger partial charge in [0.05, 0.1) is 5.54 Å². The van der Waals surface area contributed by atoms with E-state index in [0.717, 1.165) is 42.4 Å². The third kappa shape index (κ3) is 3.78. The number of carbonyl (C=O) groups excluding carboxylic acids is 1. The quantitative estimate of drug-likeness (QED) is 0.501. The van der Waals surface area contributed by atoms with Crippen molar-refractivity contribution in [2.45, 2.75) is 31.2 Å². The van der Waals surface area contributed by atoms with Crippen molar-refractivity contribution in [1.82, 2.24) is 20.3 Å². The number of allylic oxidation sites excluding steroid dienone is 1. The van der Waals surface area contributed by atoms with Crippen LogP contribution in [0.3, 0.4) is 0 Å². The minimum Gasteiger partial charge on any atom is -0.343 e. The zero-order chi connectivity index (χ0) is 21.8. The number of hydrogen-bond acceptors (Lipinski definition) is 4. The first kappa shape index (κ1) is 20.1. The molecule has 32 heavy (non-hydrogen) atoms. The molecule has 0 spiro atoms. The number of nitrogens with zero attached hydrogens (tertiary/aromatic N) is 3. The van der Waals surface area contributed by atoms with E-state index in [1.165, 1.54) is 22.7 Å². The smallest absolute Gasteiger partial charge is 0.252 e. The highest BCUT2D eigenvalue weighted by Crippen LogP contribution is 2.41. The molecule has 0 bridgehead atoms. The van der Waals surface area contributed by atoms with E-state index in [1.807, 2.05) is 18.2 Å². The van der Waals surface area contributed by atoms with Crippen LogP contribution in [-0.2, 0) is 12.0 Å². The Bertz CT molecular complexity index is 1240. The Hall–Kier alpha value is -3.86. The molecular formula is C27H24N4O. The van der Waals surface area contributed by atoms with Gasteiger partial charge in [-0.05, 0) is 77.4 Å². The maximum atomic E-state index is 13.2. The van der Waals surface area contributed by atoms with Crippen LogP contribution in [-0.4, -0.2) is 20.9 Å². The molecule has 1 fully saturated rings. The van der Waals surface area contributed by atoms with E-state index in [1.54, 1.807) is 30.9 Å². The first-order chi connectivity index (χ1) is 15.8. The summed E-state index contributed by atoms with van der Waals surface area (Å²) in [7, 11) is 0. The van der Waals surface area contributed by atoms with Crippen molar-refractivity contribution in [2.24, 2.45) is 0 Å². The summed E-state index contributed by atoms with van der Waals surface area (Å²) in [6.07, 6.45) is 16.7. The third-order valence-corrected chi connectivity index (χ3v) is 6.31. The summed E-state index contributed by atoms with van der Waals surface area (Å²) in [5, 5.41) is 5.76. The molecule has 2 aliphatic rings. The van der Waals surface area contributed by atoms with E-state index < -0.39 is 0 Å². The summed E-state index contributed by atoms with van der Waals surface area (Å²) in [5.41, 5.74) is 4.01. The first-order valence-corrected chi connectivity index (χ1v) is 10.9. The lowest BCUT2D eigenvalue weighted by Gasteiger charge is -2.43. The number of aromatic nitrogens is 3. The summed E-state index contributed by atoms with van der Waals surface area (Å²) >= 11 is 0. The zero-order valence-corrected chi connectivity index (χ0v) is 17.7. The molecule has 4 aromatic rings. The number of hydrogen-bond donors (Lipinski definition) is 1. The van der Waals surface area contributed by atoms with Gasteiger partial charge in [-0.2, -0.15) is 0 Å². The number of nitrogens with one attached hydrogen (secondary N) is 1. The fourth-order valence-electron chi connectivity index (χ4n) is 4.56. The molecule has 0 unspecified atom stereocenters. The van der Waals surface area contributed by atoms with Gasteiger partial charge in [0, 0.05) is 30.4 Å². The molecule has 0 atom stereocenters. The fraction of sp³-hybridized carbons (Fsp3) is 0.185. The van der Waals surface area contributed by atoms with E-state index in [0.29, 0.717) is 0 Å². The second kappa shape index (κ2) is 8.71. The fourth-order valence-corrected chi connectivity index (χ4v) is 4.56. The predicted molar refractivity (Wildman–Crippen MR) is 126 cm³/mol. The third-order valence-electron chi connectivity index (χ3n) is 6.31. The molecule has 0 radical (unpaired) electrons. The number of rotatable bonds is 3. The first-order valence-electron chi connectivity index (χ1n) is 10.9. The molecular weight excluding hydrogens is 396 g/mol. The average Bonchev–Trinajstić information content (AvgIpc) is 2.84. The molecule has 2 aromatic carbocycles. The van der Waals surface area contributed by atoms with Crippen LogP contribution in [0.15, 0.2) is 85.7 Å². The molecule has 2 aromatic heterocycles. The van der Waals surface area contributed by atoms with Crippen LogP contribution in [0.25, 0.3) is 16.8 Å². The summed E-state index contributed by atoms with van der Waals surface area (Å²) in [6.45, 7) is 0. The number of benzene rings is 2. The van der Waals surface area contributed by atoms with Crippen LogP contribution in [0, 0.1) is 0 Å². The Morgan fingerprint density at radius 3 is 2.34 bits per heavy atom. The van der Waals surface area contributed by atoms with Gasteiger partial charge in [-0.3, -0.25) is 9.78 Å². The number of carbonyl (C=O) groups is 1. The molecule has 1 amide bonds. The van der Waals surface area contributed by atoms with Crippen LogP contribution >= 0.6 is 0 Å². The van der Waals surface area contributed by atoms with E-state index in [-0.39, 0.29) is 11.4 Å². The Kier molecular flexibility index (Phi) is 5.46. The van der Waals surface area contributed by atoms with Gasteiger partial charge >= 0.3 is 0 Å². The maximum Gasteiger partial charge on any atom is 0.252 e. The van der Waals surface area contributed by atoms with Gasteiger partial charge in [-0.15, -0.1) is 0 Å². The topological polar surface area (TPSA) is 67.8 Å². The Balaban J connectivity index is 0.000000314. The second-order valence-electron chi connectivity index (χ2n) is 8.18. The molecule has 6 rings (SSSR count). The van der Waals surface area contributed by atoms with E-state index in [2.05, 4.69) is 56.7 Å². The Morgan fingerprint density at radius 1 is 0.875 bits per heavy atom. The van der Waals surface area contributed by atoms with Crippen molar-refractivity contribution in [1.29, 1.82) is 0 Å². The predicted octanol–water partition coefficient (Wildman–Crippen LogP) is 5.09. The zero-order valence-electron chi connectivity index (χ0n) is 17.7. The standard InChI is InChI=1S/C23H20N2O.C4H4N2/c26-22(25-23(12-3-13-23)18-10-14-24-15-11-18)20-9-8-17-5-1-4-16-6-2-7-19(20)21(16)17;1-2-5-4-6-3-1/h1-2,4-5,7-11,14-15H,3,6,12-13H2,(H,25,26);1-4H. The van der Waals surface area contributed by atoms with Gasteiger partial charge in [0.15, 0.2) is 0 Å². The molecule has 0 aliphatic heterocycles. The molecule has 0 saturated heterocycles. The van der Waals surface area contributed by atoms with Crippen molar-refractivity contribution in [3.63, 3.8) is 0 Å². The molecule has 5 heteroatoms. The highest BCUT2D eigenvalue weighted by Gasteiger charge is 2.40. The van der Waals surface area contributed by atoms with Crippen molar-refractivity contribution >= 4 is 22.8 Å². The molecule has 2 heterocycles. The van der Waals surface area contributed by atoms with Crippen LogP contribution in [0.1, 0.15) is 46.3 Å². The van der Waals surface area contributed by atoms with E-state index >= 15 is 0 Å². The summed E-state index contributed by atoms with van der Waals surface area (Å²) in [5.74, 6) is 0.0137. The monoisotopic (exact) mass is 420 g/mol. The molecule has 5 nitrogen and oxygen atoms in total. The summed E-state index contributed by atoms with van der Waals surface area (Å²) in [6, 6.07) is 16.2. The average molecular weight is 421 g/mol. The lowest BCUT2D eigenvalue weighted by molar-refractivity contribution is 0.0823. The van der Waals surface area contributed by atoms with Gasteiger partial charge in [-0.25, -0.2) is 9.97 Å². The van der Waals surface area contributed by atoms with Crippen LogP contribution in [0.4, 0.5) is 0 Å². The SMILES string of the molecule is O=C(NC1(c2ccncc2)CCC1)c1ccc2cccc3c2c1C=CC3.c1cncnc1. The van der Waals surface area contributed by atoms with Crippen LogP contribution < -0.4 is 5.32 Å². The largest absolute Gasteiger partial charge is 0.343 e. The molecule has 2 aliphatic carbocycles. The minimum atomic E-state index is -0.250.